The number of hydrogen-bond donors (Lipinski definition) is 0. The van der Waals surface area contributed by atoms with E-state index in [0.717, 1.165) is 6.04 Å². The summed E-state index contributed by atoms with van der Waals surface area (Å²) in [7, 11) is 0. The van der Waals surface area contributed by atoms with Crippen molar-refractivity contribution in [1.82, 2.24) is 4.90 Å². The Morgan fingerprint density at radius 2 is 1.65 bits per heavy atom. The van der Waals surface area contributed by atoms with Gasteiger partial charge in [-0.05, 0) is 61.9 Å². The number of rotatable bonds is 5. The second kappa shape index (κ2) is 7.79. The van der Waals surface area contributed by atoms with Crippen LogP contribution in [0.15, 0.2) is 54.6 Å². The van der Waals surface area contributed by atoms with E-state index < -0.39 is 0 Å². The molecule has 1 aliphatic heterocycles. The van der Waals surface area contributed by atoms with Gasteiger partial charge in [-0.2, -0.15) is 0 Å². The summed E-state index contributed by atoms with van der Waals surface area (Å²) in [6.07, 6.45) is 5.42. The van der Waals surface area contributed by atoms with Crippen LogP contribution in [-0.4, -0.2) is 24.0 Å². The second-order valence-electron chi connectivity index (χ2n) is 7.06. The van der Waals surface area contributed by atoms with Crippen LogP contribution in [0, 0.1) is 0 Å². The topological polar surface area (TPSA) is 3.24 Å². The molecule has 2 atom stereocenters. The van der Waals surface area contributed by atoms with Crippen molar-refractivity contribution in [2.75, 3.05) is 13.1 Å². The molecule has 0 bridgehead atoms. The fourth-order valence-corrected chi connectivity index (χ4v) is 3.65. The van der Waals surface area contributed by atoms with Crippen LogP contribution in [0.5, 0.6) is 0 Å². The number of piperidine rings is 1. The molecule has 3 rings (SSSR count). The first kappa shape index (κ1) is 16.3. The molecule has 1 aliphatic rings. The van der Waals surface area contributed by atoms with Gasteiger partial charge in [0.15, 0.2) is 0 Å². The summed E-state index contributed by atoms with van der Waals surface area (Å²) in [5.74, 6) is 0.633. The molecule has 0 N–H and O–H groups in total. The molecule has 122 valence electrons. The smallest absolute Gasteiger partial charge is 0.00669 e. The molecule has 1 fully saturated rings. The number of hydrogen-bond acceptors (Lipinski definition) is 1. The highest BCUT2D eigenvalue weighted by Crippen LogP contribution is 2.25. The summed E-state index contributed by atoms with van der Waals surface area (Å²) in [6, 6.07) is 20.6. The highest BCUT2D eigenvalue weighted by atomic mass is 15.2. The zero-order valence-electron chi connectivity index (χ0n) is 14.5. The lowest BCUT2D eigenvalue weighted by Crippen LogP contribution is -2.38. The van der Waals surface area contributed by atoms with E-state index >= 15 is 0 Å². The molecule has 0 spiro atoms. The first-order valence-electron chi connectivity index (χ1n) is 9.13. The minimum atomic E-state index is 0.633. The summed E-state index contributed by atoms with van der Waals surface area (Å²) >= 11 is 0. The molecule has 0 radical (unpaired) electrons. The average molecular weight is 307 g/mol. The van der Waals surface area contributed by atoms with Crippen molar-refractivity contribution < 1.29 is 0 Å². The minimum absolute atomic E-state index is 0.633. The Bertz CT molecular complexity index is 587. The summed E-state index contributed by atoms with van der Waals surface area (Å²) in [5, 5.41) is 0. The zero-order valence-corrected chi connectivity index (χ0v) is 14.5. The van der Waals surface area contributed by atoms with Crippen LogP contribution in [0.2, 0.25) is 0 Å². The summed E-state index contributed by atoms with van der Waals surface area (Å²) in [6.45, 7) is 7.29. The van der Waals surface area contributed by atoms with Crippen molar-refractivity contribution in [3.63, 3.8) is 0 Å². The molecule has 1 heteroatoms. The molecule has 0 aliphatic carbocycles. The van der Waals surface area contributed by atoms with Gasteiger partial charge in [0.25, 0.3) is 0 Å². The Labute approximate surface area is 141 Å². The van der Waals surface area contributed by atoms with E-state index in [1.807, 2.05) is 0 Å². The van der Waals surface area contributed by atoms with Gasteiger partial charge < -0.3 is 4.90 Å². The normalized spacial score (nSPS) is 20.3. The molecule has 1 saturated heterocycles. The quantitative estimate of drug-likeness (QED) is 0.682. The van der Waals surface area contributed by atoms with Crippen molar-refractivity contribution >= 4 is 0 Å². The van der Waals surface area contributed by atoms with Crippen molar-refractivity contribution in [1.29, 1.82) is 0 Å². The Kier molecular flexibility index (Phi) is 5.51. The lowest BCUT2D eigenvalue weighted by atomic mass is 9.94. The highest BCUT2D eigenvalue weighted by Gasteiger charge is 2.18. The lowest BCUT2D eigenvalue weighted by Gasteiger charge is -2.34. The summed E-state index contributed by atoms with van der Waals surface area (Å²) < 4.78 is 0. The van der Waals surface area contributed by atoms with E-state index in [1.54, 1.807) is 0 Å². The Hall–Kier alpha value is -1.60. The molecule has 0 amide bonds. The zero-order chi connectivity index (χ0) is 16.1. The Balaban J connectivity index is 1.58. The van der Waals surface area contributed by atoms with Gasteiger partial charge in [0.2, 0.25) is 0 Å². The Morgan fingerprint density at radius 3 is 2.35 bits per heavy atom. The first-order valence-corrected chi connectivity index (χ1v) is 9.13. The molecule has 1 heterocycles. The lowest BCUT2D eigenvalue weighted by molar-refractivity contribution is 0.156. The van der Waals surface area contributed by atoms with Crippen LogP contribution >= 0.6 is 0 Å². The number of likely N-dealkylation sites (tertiary alicyclic amines) is 1. The highest BCUT2D eigenvalue weighted by molar-refractivity contribution is 5.63. The third-order valence-corrected chi connectivity index (χ3v) is 5.38. The van der Waals surface area contributed by atoms with Gasteiger partial charge in [-0.1, -0.05) is 67.9 Å². The van der Waals surface area contributed by atoms with Gasteiger partial charge in [-0.25, -0.2) is 0 Å². The maximum Gasteiger partial charge on any atom is 0.00669 e. The van der Waals surface area contributed by atoms with Crippen LogP contribution < -0.4 is 0 Å². The van der Waals surface area contributed by atoms with Crippen LogP contribution in [0.1, 0.15) is 51.0 Å². The minimum Gasteiger partial charge on any atom is -0.301 e. The van der Waals surface area contributed by atoms with Gasteiger partial charge in [0, 0.05) is 6.04 Å². The van der Waals surface area contributed by atoms with Gasteiger partial charge in [0.1, 0.15) is 0 Å². The van der Waals surface area contributed by atoms with E-state index in [2.05, 4.69) is 73.3 Å². The van der Waals surface area contributed by atoms with E-state index in [9.17, 15) is 0 Å². The Morgan fingerprint density at radius 1 is 0.957 bits per heavy atom. The van der Waals surface area contributed by atoms with Crippen molar-refractivity contribution in [3.05, 3.63) is 60.2 Å². The van der Waals surface area contributed by atoms with Gasteiger partial charge >= 0.3 is 0 Å². The SMILES string of the molecule is CC(CCN1CCCCC1C)c1ccc(-c2ccccc2)cc1. The van der Waals surface area contributed by atoms with Gasteiger partial charge in [-0.15, -0.1) is 0 Å². The fraction of sp³-hybridized carbons (Fsp3) is 0.455. The van der Waals surface area contributed by atoms with Crippen LogP contribution in [0.3, 0.4) is 0 Å². The standard InChI is InChI=1S/C22H29N/c1-18(15-17-23-16-7-6-8-19(23)2)20-11-13-22(14-12-20)21-9-4-3-5-10-21/h3-5,9-14,18-19H,6-8,15-17H2,1-2H3. The van der Waals surface area contributed by atoms with Crippen molar-refractivity contribution in [3.8, 4) is 11.1 Å². The molecular formula is C22H29N. The number of benzene rings is 2. The van der Waals surface area contributed by atoms with Crippen molar-refractivity contribution in [2.45, 2.75) is 51.5 Å². The van der Waals surface area contributed by atoms with Crippen LogP contribution in [-0.2, 0) is 0 Å². The van der Waals surface area contributed by atoms with Gasteiger partial charge in [-0.3, -0.25) is 0 Å². The molecule has 1 nitrogen and oxygen atoms in total. The molecule has 2 aromatic carbocycles. The average Bonchev–Trinajstić information content (AvgIpc) is 2.62. The summed E-state index contributed by atoms with van der Waals surface area (Å²) in [4.78, 5) is 2.68. The third kappa shape index (κ3) is 4.23. The van der Waals surface area contributed by atoms with E-state index in [4.69, 9.17) is 0 Å². The molecule has 2 unspecified atom stereocenters. The first-order chi connectivity index (χ1) is 11.2. The predicted octanol–water partition coefficient (Wildman–Crippen LogP) is 5.72. The monoisotopic (exact) mass is 307 g/mol. The predicted molar refractivity (Wildman–Crippen MR) is 99.8 cm³/mol. The van der Waals surface area contributed by atoms with E-state index in [-0.39, 0.29) is 0 Å². The number of nitrogens with zero attached hydrogens (tertiary/aromatic N) is 1. The third-order valence-electron chi connectivity index (χ3n) is 5.38. The van der Waals surface area contributed by atoms with E-state index in [1.165, 1.54) is 55.5 Å². The summed E-state index contributed by atoms with van der Waals surface area (Å²) in [5.41, 5.74) is 4.08. The molecule has 2 aromatic rings. The van der Waals surface area contributed by atoms with Crippen LogP contribution in [0.25, 0.3) is 11.1 Å². The van der Waals surface area contributed by atoms with Gasteiger partial charge in [0.05, 0.1) is 0 Å². The molecule has 23 heavy (non-hydrogen) atoms. The fourth-order valence-electron chi connectivity index (χ4n) is 3.65. The maximum atomic E-state index is 2.68. The molecule has 0 aromatic heterocycles. The second-order valence-corrected chi connectivity index (χ2v) is 7.06. The maximum absolute atomic E-state index is 2.68. The molecule has 0 saturated carbocycles. The van der Waals surface area contributed by atoms with Crippen molar-refractivity contribution in [2.24, 2.45) is 0 Å². The largest absolute Gasteiger partial charge is 0.301 e. The molecular weight excluding hydrogens is 278 g/mol. The van der Waals surface area contributed by atoms with Crippen LogP contribution in [0.4, 0.5) is 0 Å². The van der Waals surface area contributed by atoms with E-state index in [0.29, 0.717) is 5.92 Å².